The molecule has 1 aromatic carbocycles. The van der Waals surface area contributed by atoms with Crippen molar-refractivity contribution in [2.24, 2.45) is 0 Å². The van der Waals surface area contributed by atoms with Crippen molar-refractivity contribution in [2.45, 2.75) is 13.8 Å². The standard InChI is InChI=1S/C14H10ClN5S/c1-8-13(14-17-12(7-16)21-19-14)9(2)20(18-8)11-5-3-10(15)4-6-11/h3-6H,1-2H3. The molecule has 0 aliphatic heterocycles. The normalized spacial score (nSPS) is 10.6. The molecule has 0 saturated heterocycles. The van der Waals surface area contributed by atoms with E-state index in [1.807, 2.05) is 48.9 Å². The average Bonchev–Trinajstić information content (AvgIpc) is 3.04. The van der Waals surface area contributed by atoms with Crippen LogP contribution < -0.4 is 0 Å². The van der Waals surface area contributed by atoms with Crippen molar-refractivity contribution < 1.29 is 0 Å². The van der Waals surface area contributed by atoms with Gasteiger partial charge >= 0.3 is 0 Å². The maximum absolute atomic E-state index is 8.87. The number of hydrogen-bond donors (Lipinski definition) is 0. The fourth-order valence-corrected chi connectivity index (χ4v) is 2.77. The highest BCUT2D eigenvalue weighted by atomic mass is 35.5. The van der Waals surface area contributed by atoms with Gasteiger partial charge in [0.05, 0.1) is 22.6 Å². The van der Waals surface area contributed by atoms with Crippen molar-refractivity contribution in [3.8, 4) is 23.1 Å². The summed E-state index contributed by atoms with van der Waals surface area (Å²) in [5.41, 5.74) is 3.53. The first-order chi connectivity index (χ1) is 10.1. The molecule has 3 aromatic rings. The molecule has 0 radical (unpaired) electrons. The molecule has 0 amide bonds. The van der Waals surface area contributed by atoms with Crippen LogP contribution in [0.5, 0.6) is 0 Å². The number of hydrogen-bond acceptors (Lipinski definition) is 5. The second-order valence-corrected chi connectivity index (χ2v) is 5.66. The van der Waals surface area contributed by atoms with E-state index in [9.17, 15) is 0 Å². The van der Waals surface area contributed by atoms with Crippen LogP contribution in [-0.4, -0.2) is 19.1 Å². The average molecular weight is 316 g/mol. The Bertz CT molecular complexity index is 841. The largest absolute Gasteiger partial charge is 0.237 e. The molecule has 0 saturated carbocycles. The second-order valence-electron chi connectivity index (χ2n) is 4.47. The smallest absolute Gasteiger partial charge is 0.214 e. The molecule has 0 atom stereocenters. The summed E-state index contributed by atoms with van der Waals surface area (Å²) in [5, 5.41) is 14.4. The molecular formula is C14H10ClN5S. The van der Waals surface area contributed by atoms with E-state index in [0.29, 0.717) is 15.9 Å². The molecule has 0 bridgehead atoms. The third kappa shape index (κ3) is 2.42. The Morgan fingerprint density at radius 1 is 1.24 bits per heavy atom. The summed E-state index contributed by atoms with van der Waals surface area (Å²) >= 11 is 7.00. The summed E-state index contributed by atoms with van der Waals surface area (Å²) in [6.45, 7) is 3.86. The van der Waals surface area contributed by atoms with Gasteiger partial charge in [-0.15, -0.1) is 0 Å². The van der Waals surface area contributed by atoms with Crippen molar-refractivity contribution in [1.29, 1.82) is 5.26 Å². The van der Waals surface area contributed by atoms with Gasteiger partial charge in [-0.1, -0.05) is 11.6 Å². The van der Waals surface area contributed by atoms with Crippen molar-refractivity contribution in [1.82, 2.24) is 19.1 Å². The van der Waals surface area contributed by atoms with Crippen LogP contribution in [0.25, 0.3) is 17.1 Å². The van der Waals surface area contributed by atoms with Crippen LogP contribution in [-0.2, 0) is 0 Å². The van der Waals surface area contributed by atoms with Gasteiger partial charge in [0.1, 0.15) is 6.07 Å². The monoisotopic (exact) mass is 315 g/mol. The Balaban J connectivity index is 2.12. The minimum atomic E-state index is 0.350. The molecule has 0 fully saturated rings. The van der Waals surface area contributed by atoms with Crippen molar-refractivity contribution >= 4 is 23.1 Å². The van der Waals surface area contributed by atoms with Crippen LogP contribution in [0, 0.1) is 25.2 Å². The zero-order valence-corrected chi connectivity index (χ0v) is 12.9. The number of rotatable bonds is 2. The molecule has 0 spiro atoms. The van der Waals surface area contributed by atoms with Crippen molar-refractivity contribution in [3.63, 3.8) is 0 Å². The SMILES string of the molecule is Cc1nn(-c2ccc(Cl)cc2)c(C)c1-c1nsc(C#N)n1. The van der Waals surface area contributed by atoms with Gasteiger partial charge in [-0.2, -0.15) is 14.7 Å². The molecule has 0 unspecified atom stereocenters. The first-order valence-electron chi connectivity index (χ1n) is 6.16. The zero-order valence-electron chi connectivity index (χ0n) is 11.3. The Morgan fingerprint density at radius 2 is 1.95 bits per heavy atom. The van der Waals surface area contributed by atoms with E-state index in [0.717, 1.165) is 34.2 Å². The lowest BCUT2D eigenvalue weighted by Gasteiger charge is -2.04. The van der Waals surface area contributed by atoms with Gasteiger partial charge in [0.2, 0.25) is 5.01 Å². The fourth-order valence-electron chi connectivity index (χ4n) is 2.17. The summed E-state index contributed by atoms with van der Waals surface area (Å²) in [6, 6.07) is 9.45. The number of benzene rings is 1. The highest BCUT2D eigenvalue weighted by molar-refractivity contribution is 7.06. The maximum atomic E-state index is 8.87. The van der Waals surface area contributed by atoms with Gasteiger partial charge in [0.25, 0.3) is 0 Å². The Kier molecular flexibility index (Phi) is 3.45. The molecule has 0 N–H and O–H groups in total. The third-order valence-electron chi connectivity index (χ3n) is 3.11. The molecule has 5 nitrogen and oxygen atoms in total. The summed E-state index contributed by atoms with van der Waals surface area (Å²) in [7, 11) is 0. The lowest BCUT2D eigenvalue weighted by Crippen LogP contribution is -1.98. The van der Waals surface area contributed by atoms with Crippen molar-refractivity contribution in [2.75, 3.05) is 0 Å². The molecule has 21 heavy (non-hydrogen) atoms. The van der Waals surface area contributed by atoms with Gasteiger partial charge in [-0.3, -0.25) is 0 Å². The van der Waals surface area contributed by atoms with Gasteiger partial charge < -0.3 is 0 Å². The molecule has 0 aliphatic rings. The van der Waals surface area contributed by atoms with E-state index in [-0.39, 0.29) is 0 Å². The first kappa shape index (κ1) is 13.7. The minimum absolute atomic E-state index is 0.350. The molecule has 3 rings (SSSR count). The number of halogens is 1. The van der Waals surface area contributed by atoms with Gasteiger partial charge in [0.15, 0.2) is 5.82 Å². The van der Waals surface area contributed by atoms with E-state index in [1.165, 1.54) is 0 Å². The number of nitriles is 1. The van der Waals surface area contributed by atoms with E-state index < -0.39 is 0 Å². The van der Waals surface area contributed by atoms with Crippen LogP contribution in [0.15, 0.2) is 24.3 Å². The predicted octanol–water partition coefficient (Wildman–Crippen LogP) is 3.53. The molecular weight excluding hydrogens is 306 g/mol. The highest BCUT2D eigenvalue weighted by Gasteiger charge is 2.18. The number of aromatic nitrogens is 4. The lowest BCUT2D eigenvalue weighted by atomic mass is 10.2. The predicted molar refractivity (Wildman–Crippen MR) is 81.7 cm³/mol. The summed E-state index contributed by atoms with van der Waals surface area (Å²) in [4.78, 5) is 4.21. The number of nitrogens with zero attached hydrogens (tertiary/aromatic N) is 5. The van der Waals surface area contributed by atoms with Crippen molar-refractivity contribution in [3.05, 3.63) is 45.7 Å². The summed E-state index contributed by atoms with van der Waals surface area (Å²) in [5.74, 6) is 0.548. The van der Waals surface area contributed by atoms with E-state index >= 15 is 0 Å². The van der Waals surface area contributed by atoms with Crippen LogP contribution in [0.3, 0.4) is 0 Å². The lowest BCUT2D eigenvalue weighted by molar-refractivity contribution is 0.834. The van der Waals surface area contributed by atoms with Crippen LogP contribution in [0.4, 0.5) is 0 Å². The van der Waals surface area contributed by atoms with Gasteiger partial charge in [0, 0.05) is 5.02 Å². The molecule has 104 valence electrons. The Hall–Kier alpha value is -2.23. The highest BCUT2D eigenvalue weighted by Crippen LogP contribution is 2.27. The maximum Gasteiger partial charge on any atom is 0.214 e. The van der Waals surface area contributed by atoms with Crippen LogP contribution in [0.1, 0.15) is 16.4 Å². The van der Waals surface area contributed by atoms with Gasteiger partial charge in [-0.25, -0.2) is 9.67 Å². The molecule has 2 aromatic heterocycles. The first-order valence-corrected chi connectivity index (χ1v) is 7.31. The molecule has 2 heterocycles. The number of aryl methyl sites for hydroxylation is 1. The second kappa shape index (κ2) is 5.28. The molecule has 0 aliphatic carbocycles. The molecule has 7 heteroatoms. The summed E-state index contributed by atoms with van der Waals surface area (Å²) in [6.07, 6.45) is 0. The van der Waals surface area contributed by atoms with E-state index in [2.05, 4.69) is 14.5 Å². The Labute approximate surface area is 130 Å². The Morgan fingerprint density at radius 3 is 2.57 bits per heavy atom. The minimum Gasteiger partial charge on any atom is -0.237 e. The third-order valence-corrected chi connectivity index (χ3v) is 3.98. The topological polar surface area (TPSA) is 67.4 Å². The zero-order chi connectivity index (χ0) is 15.0. The van der Waals surface area contributed by atoms with Crippen LogP contribution in [0.2, 0.25) is 5.02 Å². The fraction of sp³-hybridized carbons (Fsp3) is 0.143. The summed E-state index contributed by atoms with van der Waals surface area (Å²) < 4.78 is 6.06. The van der Waals surface area contributed by atoms with E-state index in [1.54, 1.807) is 0 Å². The quantitative estimate of drug-likeness (QED) is 0.725. The van der Waals surface area contributed by atoms with E-state index in [4.69, 9.17) is 16.9 Å². The van der Waals surface area contributed by atoms with Crippen LogP contribution >= 0.6 is 23.1 Å². The van der Waals surface area contributed by atoms with Gasteiger partial charge in [-0.05, 0) is 49.6 Å².